The topological polar surface area (TPSA) is 8.17 Å². The molecule has 0 atom stereocenters. The van der Waals surface area contributed by atoms with E-state index in [0.717, 1.165) is 50.1 Å². The molecule has 0 spiro atoms. The molecule has 0 saturated heterocycles. The summed E-state index contributed by atoms with van der Waals surface area (Å²) >= 11 is 0. The second-order valence-electron chi connectivity index (χ2n) is 11.6. The highest BCUT2D eigenvalue weighted by molar-refractivity contribution is 6.21. The van der Waals surface area contributed by atoms with Crippen LogP contribution in [0.4, 0.5) is 17.1 Å². The maximum Gasteiger partial charge on any atom is 0.0710 e. The van der Waals surface area contributed by atoms with Crippen molar-refractivity contribution < 1.29 is 0 Å². The van der Waals surface area contributed by atoms with E-state index in [9.17, 15) is 0 Å². The molecule has 0 unspecified atom stereocenters. The molecule has 0 radical (unpaired) electrons. The molecule has 214 valence electrons. The van der Waals surface area contributed by atoms with Gasteiger partial charge in [-0.25, -0.2) is 0 Å². The molecule has 0 aliphatic rings. The monoisotopic (exact) mass is 584 g/mol. The summed E-state index contributed by atoms with van der Waals surface area (Å²) in [5, 5.41) is 6.91. The largest absolute Gasteiger partial charge is 0.310 e. The summed E-state index contributed by atoms with van der Waals surface area (Å²) in [7, 11) is 0. The Hall–Kier alpha value is -6.30. The lowest BCUT2D eigenvalue weighted by molar-refractivity contribution is 1.19. The van der Waals surface area contributed by atoms with Gasteiger partial charge in [0, 0.05) is 38.6 Å². The van der Waals surface area contributed by atoms with Gasteiger partial charge in [0.25, 0.3) is 0 Å². The van der Waals surface area contributed by atoms with Gasteiger partial charge in [-0.15, -0.1) is 0 Å². The standard InChI is InChI=1S/C44H28N2/c1-3-18-34(19-4-1)45(41-26-12-16-31-14-7-9-23-37(31)41)36-22-11-17-33(30-36)38-25-13-27-42-43(38)40-29-28-32-15-8-10-24-39(32)44(40)46(42)35-20-5-2-6-21-35/h1-27,30H. The minimum absolute atomic E-state index is 1.06. The van der Waals surface area contributed by atoms with Crippen LogP contribution in [0.25, 0.3) is 60.2 Å². The summed E-state index contributed by atoms with van der Waals surface area (Å²) in [6.45, 7) is 0. The second kappa shape index (κ2) is 10.7. The van der Waals surface area contributed by atoms with Gasteiger partial charge in [-0.05, 0) is 71.1 Å². The number of anilines is 3. The summed E-state index contributed by atoms with van der Waals surface area (Å²) in [6.07, 6.45) is 0. The lowest BCUT2D eigenvalue weighted by Gasteiger charge is -2.27. The summed E-state index contributed by atoms with van der Waals surface area (Å²) in [5.74, 6) is 0. The van der Waals surface area contributed by atoms with Crippen molar-refractivity contribution in [3.63, 3.8) is 0 Å². The number of fused-ring (bicyclic) bond motifs is 6. The SMILES string of the molecule is c1c2ccccc2c2c(c#1)c1c(-c3cccc(N(c4ccccc4)c4cccc5ccccc45)c3)cccc1n2-c1ccccc1. The van der Waals surface area contributed by atoms with E-state index in [0.29, 0.717) is 0 Å². The molecule has 8 aromatic carbocycles. The van der Waals surface area contributed by atoms with Gasteiger partial charge in [0.1, 0.15) is 0 Å². The van der Waals surface area contributed by atoms with Gasteiger partial charge in [0.2, 0.25) is 0 Å². The van der Waals surface area contributed by atoms with Gasteiger partial charge >= 0.3 is 0 Å². The Bertz CT molecular complexity index is 2520. The third-order valence-corrected chi connectivity index (χ3v) is 8.95. The third kappa shape index (κ3) is 4.14. The highest BCUT2D eigenvalue weighted by atomic mass is 15.1. The van der Waals surface area contributed by atoms with Gasteiger partial charge in [-0.3, -0.25) is 0 Å². The van der Waals surface area contributed by atoms with Crippen LogP contribution in [0.2, 0.25) is 0 Å². The first kappa shape index (κ1) is 26.1. The number of rotatable bonds is 5. The van der Waals surface area contributed by atoms with E-state index >= 15 is 0 Å². The van der Waals surface area contributed by atoms with E-state index < -0.39 is 0 Å². The Balaban J connectivity index is 1.32. The molecular formula is C44H28N2. The van der Waals surface area contributed by atoms with Crippen molar-refractivity contribution in [3.8, 4) is 16.8 Å². The number of para-hydroxylation sites is 2. The molecule has 0 saturated carbocycles. The Labute approximate surface area is 268 Å². The number of hydrogen-bond donors (Lipinski definition) is 0. The van der Waals surface area contributed by atoms with Gasteiger partial charge < -0.3 is 9.47 Å². The van der Waals surface area contributed by atoms with E-state index in [1.54, 1.807) is 0 Å². The van der Waals surface area contributed by atoms with Gasteiger partial charge in [0.15, 0.2) is 0 Å². The molecule has 46 heavy (non-hydrogen) atoms. The molecule has 0 bridgehead atoms. The fraction of sp³-hybridized carbons (Fsp3) is 0. The summed E-state index contributed by atoms with van der Waals surface area (Å²) in [5.41, 5.74) is 9.12. The molecule has 0 aliphatic carbocycles. The van der Waals surface area contributed by atoms with E-state index in [4.69, 9.17) is 0 Å². The second-order valence-corrected chi connectivity index (χ2v) is 11.6. The normalized spacial score (nSPS) is 11.3. The zero-order valence-electron chi connectivity index (χ0n) is 25.1. The summed E-state index contributed by atoms with van der Waals surface area (Å²) < 4.78 is 2.39. The maximum absolute atomic E-state index is 3.59. The average molecular weight is 585 g/mol. The Morgan fingerprint density at radius 2 is 1.17 bits per heavy atom. The van der Waals surface area contributed by atoms with Crippen molar-refractivity contribution in [1.82, 2.24) is 4.57 Å². The zero-order valence-corrected chi connectivity index (χ0v) is 25.1. The minimum Gasteiger partial charge on any atom is -0.310 e. The number of aromatic nitrogens is 1. The van der Waals surface area contributed by atoms with Crippen LogP contribution in [-0.4, -0.2) is 4.57 Å². The number of benzene rings is 7. The molecule has 2 nitrogen and oxygen atoms in total. The van der Waals surface area contributed by atoms with Crippen LogP contribution in [0.1, 0.15) is 0 Å². The molecule has 1 heterocycles. The minimum atomic E-state index is 1.06. The molecule has 2 heteroatoms. The smallest absolute Gasteiger partial charge is 0.0710 e. The first-order chi connectivity index (χ1) is 22.8. The van der Waals surface area contributed by atoms with Gasteiger partial charge in [-0.1, -0.05) is 127 Å². The third-order valence-electron chi connectivity index (χ3n) is 8.95. The van der Waals surface area contributed by atoms with E-state index in [1.165, 1.54) is 27.1 Å². The Morgan fingerprint density at radius 3 is 2.04 bits per heavy atom. The van der Waals surface area contributed by atoms with Crippen LogP contribution >= 0.6 is 0 Å². The number of nitrogens with zero attached hydrogens (tertiary/aromatic N) is 2. The predicted octanol–water partition coefficient (Wildman–Crippen LogP) is 11.8. The van der Waals surface area contributed by atoms with Gasteiger partial charge in [0.05, 0.1) is 22.1 Å². The molecular weight excluding hydrogens is 556 g/mol. The lowest BCUT2D eigenvalue weighted by atomic mass is 9.98. The summed E-state index contributed by atoms with van der Waals surface area (Å²) in [4.78, 5) is 2.37. The average Bonchev–Trinajstić information content (AvgIpc) is 3.48. The predicted molar refractivity (Wildman–Crippen MR) is 194 cm³/mol. The van der Waals surface area contributed by atoms with Crippen LogP contribution in [0.5, 0.6) is 0 Å². The maximum atomic E-state index is 3.59. The quantitative estimate of drug-likeness (QED) is 0.195. The summed E-state index contributed by atoms with van der Waals surface area (Å²) in [6, 6.07) is 67.5. The highest BCUT2D eigenvalue weighted by Crippen LogP contribution is 2.43. The van der Waals surface area contributed by atoms with Gasteiger partial charge in [-0.2, -0.15) is 0 Å². The van der Waals surface area contributed by atoms with Crippen molar-refractivity contribution in [2.75, 3.05) is 4.90 Å². The first-order valence-corrected chi connectivity index (χ1v) is 15.6. The fourth-order valence-corrected chi connectivity index (χ4v) is 6.95. The van der Waals surface area contributed by atoms with Crippen LogP contribution in [0.3, 0.4) is 0 Å². The fourth-order valence-electron chi connectivity index (χ4n) is 6.95. The molecule has 1 aromatic heterocycles. The zero-order chi connectivity index (χ0) is 30.5. The van der Waals surface area contributed by atoms with E-state index in [2.05, 4.69) is 191 Å². The Morgan fingerprint density at radius 1 is 0.500 bits per heavy atom. The number of hydrogen-bond acceptors (Lipinski definition) is 1. The van der Waals surface area contributed by atoms with Crippen LogP contribution < -0.4 is 4.90 Å². The molecule has 9 rings (SSSR count). The van der Waals surface area contributed by atoms with Crippen LogP contribution in [-0.2, 0) is 0 Å². The molecule has 0 aliphatic heterocycles. The van der Waals surface area contributed by atoms with Crippen LogP contribution in [0, 0.1) is 12.1 Å². The molecule has 9 aromatic rings. The van der Waals surface area contributed by atoms with Crippen molar-refractivity contribution in [2.45, 2.75) is 0 Å². The van der Waals surface area contributed by atoms with Crippen molar-refractivity contribution in [1.29, 1.82) is 0 Å². The Kier molecular flexibility index (Phi) is 6.08. The molecule has 0 N–H and O–H groups in total. The lowest BCUT2D eigenvalue weighted by Crippen LogP contribution is -2.10. The van der Waals surface area contributed by atoms with E-state index in [1.807, 2.05) is 0 Å². The van der Waals surface area contributed by atoms with Crippen molar-refractivity contribution in [3.05, 3.63) is 182 Å². The highest BCUT2D eigenvalue weighted by Gasteiger charge is 2.20. The van der Waals surface area contributed by atoms with E-state index in [-0.39, 0.29) is 0 Å². The van der Waals surface area contributed by atoms with Crippen molar-refractivity contribution >= 4 is 60.4 Å². The van der Waals surface area contributed by atoms with Crippen LogP contribution in [0.15, 0.2) is 170 Å². The van der Waals surface area contributed by atoms with Crippen molar-refractivity contribution in [2.24, 2.45) is 0 Å². The molecule has 0 fully saturated rings. The first-order valence-electron chi connectivity index (χ1n) is 15.6. The molecule has 0 amide bonds.